The predicted molar refractivity (Wildman–Crippen MR) is 102 cm³/mol. The first kappa shape index (κ1) is 16.8. The van der Waals surface area contributed by atoms with Gasteiger partial charge in [-0.3, -0.25) is 13.9 Å². The van der Waals surface area contributed by atoms with Crippen LogP contribution in [0.4, 0.5) is 16.0 Å². The fourth-order valence-electron chi connectivity index (χ4n) is 3.08. The number of furan rings is 1. The number of nitrogens with zero attached hydrogens (tertiary/aromatic N) is 2. The maximum atomic E-state index is 14.6. The molecule has 4 rings (SSSR count). The second-order valence-corrected chi connectivity index (χ2v) is 6.16. The Morgan fingerprint density at radius 1 is 0.926 bits per heavy atom. The molecule has 4 aromatic rings. The monoisotopic (exact) mass is 365 g/mol. The van der Waals surface area contributed by atoms with Gasteiger partial charge in [-0.15, -0.1) is 0 Å². The van der Waals surface area contributed by atoms with Gasteiger partial charge in [-0.25, -0.2) is 9.18 Å². The highest BCUT2D eigenvalue weighted by atomic mass is 19.1. The minimum absolute atomic E-state index is 0.0831. The lowest BCUT2D eigenvalue weighted by Gasteiger charge is -2.07. The lowest BCUT2D eigenvalue weighted by atomic mass is 10.0. The van der Waals surface area contributed by atoms with E-state index in [1.165, 1.54) is 24.7 Å². The van der Waals surface area contributed by atoms with Crippen LogP contribution in [0.5, 0.6) is 0 Å². The zero-order valence-corrected chi connectivity index (χ0v) is 14.7. The summed E-state index contributed by atoms with van der Waals surface area (Å²) >= 11 is 0. The van der Waals surface area contributed by atoms with Crippen molar-refractivity contribution in [2.45, 2.75) is 0 Å². The van der Waals surface area contributed by atoms with E-state index in [0.29, 0.717) is 5.69 Å². The molecule has 7 heteroatoms. The fraction of sp³-hybridized carbons (Fsp3) is 0.100. The molecule has 136 valence electrons. The van der Waals surface area contributed by atoms with Gasteiger partial charge in [-0.1, -0.05) is 36.4 Å². The number of aromatic nitrogens is 2. The average molecular weight is 365 g/mol. The highest BCUT2D eigenvalue weighted by Crippen LogP contribution is 2.38. The summed E-state index contributed by atoms with van der Waals surface area (Å²) in [6, 6.07) is 15.3. The van der Waals surface area contributed by atoms with Crippen molar-refractivity contribution in [1.29, 1.82) is 0 Å². The van der Waals surface area contributed by atoms with Gasteiger partial charge >= 0.3 is 5.69 Å². The normalized spacial score (nSPS) is 11.1. The Bertz CT molecular complexity index is 1270. The second kappa shape index (κ2) is 6.28. The number of hydrogen-bond acceptors (Lipinski definition) is 4. The van der Waals surface area contributed by atoms with Gasteiger partial charge in [0.25, 0.3) is 5.56 Å². The Morgan fingerprint density at radius 3 is 2.30 bits per heavy atom. The highest BCUT2D eigenvalue weighted by Gasteiger charge is 2.24. The summed E-state index contributed by atoms with van der Waals surface area (Å²) in [7, 11) is 2.89. The van der Waals surface area contributed by atoms with Crippen molar-refractivity contribution in [1.82, 2.24) is 9.13 Å². The van der Waals surface area contributed by atoms with Gasteiger partial charge in [0.15, 0.2) is 0 Å². The number of para-hydroxylation sites is 1. The number of rotatable bonds is 3. The number of aryl methyl sites for hydroxylation is 1. The zero-order chi connectivity index (χ0) is 19.1. The quantitative estimate of drug-likeness (QED) is 0.604. The molecule has 0 bridgehead atoms. The van der Waals surface area contributed by atoms with Crippen LogP contribution >= 0.6 is 0 Å². The summed E-state index contributed by atoms with van der Waals surface area (Å²) < 4.78 is 22.6. The number of anilines is 2. The number of nitrogens with one attached hydrogen (secondary N) is 1. The molecule has 0 amide bonds. The first-order valence-electron chi connectivity index (χ1n) is 8.28. The molecular weight excluding hydrogens is 349 g/mol. The smallest absolute Gasteiger partial charge is 0.333 e. The van der Waals surface area contributed by atoms with Gasteiger partial charge in [-0.2, -0.15) is 0 Å². The molecule has 2 aromatic heterocycles. The van der Waals surface area contributed by atoms with Gasteiger partial charge in [0.2, 0.25) is 11.6 Å². The summed E-state index contributed by atoms with van der Waals surface area (Å²) in [5.74, 6) is -0.299. The zero-order valence-electron chi connectivity index (χ0n) is 14.7. The van der Waals surface area contributed by atoms with E-state index in [0.717, 1.165) is 4.57 Å². The van der Waals surface area contributed by atoms with Gasteiger partial charge in [0, 0.05) is 25.3 Å². The molecule has 0 saturated carbocycles. The van der Waals surface area contributed by atoms with Crippen LogP contribution in [0.25, 0.3) is 22.2 Å². The minimum Gasteiger partial charge on any atom is -0.423 e. The van der Waals surface area contributed by atoms with Crippen LogP contribution in [0.1, 0.15) is 0 Å². The Kier molecular flexibility index (Phi) is 3.92. The summed E-state index contributed by atoms with van der Waals surface area (Å²) in [6.07, 6.45) is 0. The largest absolute Gasteiger partial charge is 0.423 e. The molecule has 27 heavy (non-hydrogen) atoms. The van der Waals surface area contributed by atoms with E-state index in [1.807, 2.05) is 30.3 Å². The SMILES string of the molecule is Cn1c(=O)c2c(-c3ccccc3F)c(Nc3ccccc3)oc2n(C)c1=O. The Hall–Kier alpha value is -3.61. The summed E-state index contributed by atoms with van der Waals surface area (Å²) in [6.45, 7) is 0. The number of fused-ring (bicyclic) bond motifs is 1. The fourth-order valence-corrected chi connectivity index (χ4v) is 3.08. The molecule has 0 aliphatic heterocycles. The van der Waals surface area contributed by atoms with Crippen molar-refractivity contribution < 1.29 is 8.81 Å². The van der Waals surface area contributed by atoms with E-state index >= 15 is 0 Å². The number of benzene rings is 2. The molecule has 0 spiro atoms. The van der Waals surface area contributed by atoms with Gasteiger partial charge in [0.1, 0.15) is 11.2 Å². The van der Waals surface area contributed by atoms with E-state index in [1.54, 1.807) is 18.2 Å². The Labute approximate surface area is 153 Å². The summed E-state index contributed by atoms with van der Waals surface area (Å²) in [4.78, 5) is 25.1. The maximum absolute atomic E-state index is 14.6. The summed E-state index contributed by atoms with van der Waals surface area (Å²) in [5.41, 5.74) is 0.216. The molecule has 0 fully saturated rings. The number of halogens is 1. The Morgan fingerprint density at radius 2 is 1.59 bits per heavy atom. The summed E-state index contributed by atoms with van der Waals surface area (Å²) in [5, 5.41) is 3.23. The van der Waals surface area contributed by atoms with Gasteiger partial charge < -0.3 is 9.73 Å². The molecule has 0 saturated heterocycles. The van der Waals surface area contributed by atoms with Crippen molar-refractivity contribution >= 4 is 22.7 Å². The molecule has 2 heterocycles. The maximum Gasteiger partial charge on any atom is 0.333 e. The first-order chi connectivity index (χ1) is 13.0. The first-order valence-corrected chi connectivity index (χ1v) is 8.28. The third-order valence-corrected chi connectivity index (χ3v) is 4.46. The van der Waals surface area contributed by atoms with Crippen LogP contribution in [0.15, 0.2) is 68.6 Å². The van der Waals surface area contributed by atoms with E-state index in [9.17, 15) is 14.0 Å². The van der Waals surface area contributed by atoms with Crippen LogP contribution < -0.4 is 16.6 Å². The highest BCUT2D eigenvalue weighted by molar-refractivity contribution is 5.99. The average Bonchev–Trinajstić information content (AvgIpc) is 3.05. The molecule has 6 nitrogen and oxygen atoms in total. The van der Waals surface area contributed by atoms with Crippen LogP contribution in [-0.4, -0.2) is 9.13 Å². The molecule has 0 unspecified atom stereocenters. The molecule has 0 aliphatic rings. The lowest BCUT2D eigenvalue weighted by Crippen LogP contribution is -2.36. The third kappa shape index (κ3) is 2.64. The molecule has 0 atom stereocenters. The van der Waals surface area contributed by atoms with Crippen LogP contribution in [0, 0.1) is 5.82 Å². The molecule has 0 radical (unpaired) electrons. The van der Waals surface area contributed by atoms with Gasteiger partial charge in [0.05, 0.1) is 5.56 Å². The van der Waals surface area contributed by atoms with Crippen molar-refractivity contribution in [3.8, 4) is 11.1 Å². The van der Waals surface area contributed by atoms with Crippen LogP contribution in [0.3, 0.4) is 0 Å². The van der Waals surface area contributed by atoms with Crippen LogP contribution in [0.2, 0.25) is 0 Å². The topological polar surface area (TPSA) is 69.2 Å². The van der Waals surface area contributed by atoms with Crippen LogP contribution in [-0.2, 0) is 14.1 Å². The predicted octanol–water partition coefficient (Wildman–Crippen LogP) is 3.38. The molecule has 2 aromatic carbocycles. The number of hydrogen-bond donors (Lipinski definition) is 1. The van der Waals surface area contributed by atoms with Gasteiger partial charge in [-0.05, 0) is 18.2 Å². The van der Waals surface area contributed by atoms with E-state index in [-0.39, 0.29) is 28.1 Å². The van der Waals surface area contributed by atoms with E-state index in [4.69, 9.17) is 4.42 Å². The van der Waals surface area contributed by atoms with Crippen molar-refractivity contribution in [3.63, 3.8) is 0 Å². The second-order valence-electron chi connectivity index (χ2n) is 6.16. The molecule has 1 N–H and O–H groups in total. The Balaban J connectivity index is 2.11. The lowest BCUT2D eigenvalue weighted by molar-refractivity contribution is 0.577. The molecular formula is C20H16FN3O3. The molecule has 0 aliphatic carbocycles. The minimum atomic E-state index is -0.545. The third-order valence-electron chi connectivity index (χ3n) is 4.46. The van der Waals surface area contributed by atoms with Crippen molar-refractivity contribution in [3.05, 3.63) is 81.3 Å². The van der Waals surface area contributed by atoms with E-state index in [2.05, 4.69) is 5.32 Å². The van der Waals surface area contributed by atoms with Crippen molar-refractivity contribution in [2.24, 2.45) is 14.1 Å². The van der Waals surface area contributed by atoms with Crippen molar-refractivity contribution in [2.75, 3.05) is 5.32 Å². The van der Waals surface area contributed by atoms with E-state index < -0.39 is 17.1 Å². The standard InChI is InChI=1S/C20H16FN3O3/c1-23-18(25)16-15(13-10-6-7-11-14(13)21)17(22-12-8-4-3-5-9-12)27-19(16)24(2)20(23)26/h3-11,22H,1-2H3.